The molecule has 0 aromatic heterocycles. The maximum absolute atomic E-state index is 12.2. The van der Waals surface area contributed by atoms with Crippen LogP contribution < -0.4 is 9.47 Å². The van der Waals surface area contributed by atoms with Gasteiger partial charge in [-0.3, -0.25) is 4.79 Å². The van der Waals surface area contributed by atoms with Gasteiger partial charge in [0.1, 0.15) is 13.2 Å². The van der Waals surface area contributed by atoms with Crippen molar-refractivity contribution in [1.82, 2.24) is 0 Å². The van der Waals surface area contributed by atoms with E-state index in [-0.39, 0.29) is 5.78 Å². The van der Waals surface area contributed by atoms with Crippen LogP contribution in [0.4, 0.5) is 0 Å². The summed E-state index contributed by atoms with van der Waals surface area (Å²) in [5, 5.41) is 0. The molecule has 0 fully saturated rings. The van der Waals surface area contributed by atoms with Crippen LogP contribution in [-0.2, 0) is 13.2 Å². The molecule has 0 aliphatic heterocycles. The smallest absolute Gasteiger partial charge is 0.191 e. The van der Waals surface area contributed by atoms with Crippen molar-refractivity contribution in [3.8, 4) is 11.5 Å². The third kappa shape index (κ3) is 5.59. The number of Topliss-reactive ketones (excluding diaryl/α,β-unsaturated/α-hetero) is 1. The number of ketones is 1. The predicted octanol–water partition coefficient (Wildman–Crippen LogP) is 5.99. The predicted molar refractivity (Wildman–Crippen MR) is 111 cm³/mol. The lowest BCUT2D eigenvalue weighted by Crippen LogP contribution is -2.08. The molecule has 0 aliphatic rings. The van der Waals surface area contributed by atoms with Crippen LogP contribution in [0.15, 0.2) is 78.9 Å². The van der Waals surface area contributed by atoms with Crippen LogP contribution >= 0.6 is 27.5 Å². The Balaban J connectivity index is 1.80. The van der Waals surface area contributed by atoms with Gasteiger partial charge in [-0.1, -0.05) is 76.6 Å². The van der Waals surface area contributed by atoms with E-state index in [4.69, 9.17) is 21.1 Å². The van der Waals surface area contributed by atoms with Crippen molar-refractivity contribution in [2.75, 3.05) is 0 Å². The topological polar surface area (TPSA) is 35.5 Å². The fourth-order valence-electron chi connectivity index (χ4n) is 2.49. The molecule has 0 saturated heterocycles. The summed E-state index contributed by atoms with van der Waals surface area (Å²) in [6, 6.07) is 24.8. The van der Waals surface area contributed by atoms with E-state index in [1.54, 1.807) is 18.2 Å². The summed E-state index contributed by atoms with van der Waals surface area (Å²) < 4.78 is 11.1. The van der Waals surface area contributed by atoms with Gasteiger partial charge in [-0.05, 0) is 29.3 Å². The van der Waals surface area contributed by atoms with Crippen LogP contribution in [0.5, 0.6) is 11.5 Å². The van der Waals surface area contributed by atoms with Gasteiger partial charge in [0, 0.05) is 5.56 Å². The van der Waals surface area contributed by atoms with Gasteiger partial charge in [0.2, 0.25) is 0 Å². The molecule has 0 bridgehead atoms. The first kappa shape index (κ1) is 19.5. The molecule has 0 heterocycles. The van der Waals surface area contributed by atoms with Gasteiger partial charge in [-0.25, -0.2) is 0 Å². The lowest BCUT2D eigenvalue weighted by Gasteiger charge is -2.14. The normalized spacial score (nSPS) is 11.6. The molecule has 1 atom stereocenters. The molecule has 0 spiro atoms. The maximum Gasteiger partial charge on any atom is 0.191 e. The van der Waals surface area contributed by atoms with E-state index in [0.29, 0.717) is 30.3 Å². The molecule has 3 nitrogen and oxygen atoms in total. The van der Waals surface area contributed by atoms with Crippen molar-refractivity contribution in [1.29, 1.82) is 0 Å². The number of rotatable bonds is 8. The fourth-order valence-corrected chi connectivity index (χ4v) is 2.88. The number of carbonyl (C=O) groups excluding carboxylic acids is 1. The van der Waals surface area contributed by atoms with E-state index in [9.17, 15) is 4.79 Å². The summed E-state index contributed by atoms with van der Waals surface area (Å²) in [5.74, 6) is 0.855. The van der Waals surface area contributed by atoms with Gasteiger partial charge in [0.25, 0.3) is 0 Å². The number of benzene rings is 3. The van der Waals surface area contributed by atoms with Crippen molar-refractivity contribution in [2.45, 2.75) is 17.5 Å². The van der Waals surface area contributed by atoms with E-state index < -0.39 is 4.29 Å². The largest absolute Gasteiger partial charge is 0.485 e. The van der Waals surface area contributed by atoms with Crippen LogP contribution in [0.3, 0.4) is 0 Å². The standard InChI is InChI=1S/C22H18BrClO3/c23-22(24)21(25)18-11-12-19(26-14-16-7-3-1-4-8-16)20(13-18)27-15-17-9-5-2-6-10-17/h1-13,22H,14-15H2. The number of hydrogen-bond donors (Lipinski definition) is 0. The Labute approximate surface area is 172 Å². The Kier molecular flexibility index (Phi) is 6.91. The minimum Gasteiger partial charge on any atom is -0.485 e. The molecule has 1 unspecified atom stereocenters. The molecular formula is C22H18BrClO3. The van der Waals surface area contributed by atoms with E-state index >= 15 is 0 Å². The highest BCUT2D eigenvalue weighted by molar-refractivity contribution is 9.10. The molecule has 0 radical (unpaired) electrons. The van der Waals surface area contributed by atoms with Crippen molar-refractivity contribution >= 4 is 33.3 Å². The Morgan fingerprint density at radius 3 is 1.85 bits per heavy atom. The molecule has 3 aromatic carbocycles. The first-order chi connectivity index (χ1) is 13.1. The van der Waals surface area contributed by atoms with Gasteiger partial charge in [0.15, 0.2) is 21.6 Å². The lowest BCUT2D eigenvalue weighted by atomic mass is 10.1. The molecule has 3 aromatic rings. The summed E-state index contributed by atoms with van der Waals surface area (Å²) in [6.45, 7) is 0.783. The zero-order chi connectivity index (χ0) is 19.1. The number of hydrogen-bond acceptors (Lipinski definition) is 3. The van der Waals surface area contributed by atoms with E-state index in [0.717, 1.165) is 11.1 Å². The summed E-state index contributed by atoms with van der Waals surface area (Å²) in [7, 11) is 0. The number of halogens is 2. The molecule has 3 rings (SSSR count). The molecule has 0 aliphatic carbocycles. The molecule has 138 valence electrons. The van der Waals surface area contributed by atoms with Gasteiger partial charge in [0.05, 0.1) is 0 Å². The summed E-state index contributed by atoms with van der Waals surface area (Å²) in [5.41, 5.74) is 2.54. The minimum absolute atomic E-state index is 0.226. The highest BCUT2D eigenvalue weighted by Crippen LogP contribution is 2.31. The molecule has 0 saturated carbocycles. The maximum atomic E-state index is 12.2. The first-order valence-corrected chi connectivity index (χ1v) is 9.78. The Bertz CT molecular complexity index is 883. The van der Waals surface area contributed by atoms with E-state index in [1.807, 2.05) is 60.7 Å². The lowest BCUT2D eigenvalue weighted by molar-refractivity contribution is 0.101. The third-order valence-electron chi connectivity index (χ3n) is 3.90. The van der Waals surface area contributed by atoms with Gasteiger partial charge < -0.3 is 9.47 Å². The molecule has 0 N–H and O–H groups in total. The second kappa shape index (κ2) is 9.58. The SMILES string of the molecule is O=C(c1ccc(OCc2ccccc2)c(OCc2ccccc2)c1)C(Cl)Br. The van der Waals surface area contributed by atoms with Gasteiger partial charge in [-0.15, -0.1) is 11.6 Å². The monoisotopic (exact) mass is 444 g/mol. The zero-order valence-electron chi connectivity index (χ0n) is 14.5. The van der Waals surface area contributed by atoms with E-state index in [1.165, 1.54) is 0 Å². The van der Waals surface area contributed by atoms with Gasteiger partial charge in [-0.2, -0.15) is 0 Å². The third-order valence-corrected chi connectivity index (χ3v) is 4.51. The van der Waals surface area contributed by atoms with Crippen molar-refractivity contribution in [2.24, 2.45) is 0 Å². The number of carbonyl (C=O) groups is 1. The number of ether oxygens (including phenoxy) is 2. The average Bonchev–Trinajstić information content (AvgIpc) is 2.72. The molecule has 0 amide bonds. The fraction of sp³-hybridized carbons (Fsp3) is 0.136. The Morgan fingerprint density at radius 1 is 0.815 bits per heavy atom. The summed E-state index contributed by atoms with van der Waals surface area (Å²) >= 11 is 8.96. The second-order valence-electron chi connectivity index (χ2n) is 5.88. The van der Waals surface area contributed by atoms with Crippen LogP contribution in [-0.4, -0.2) is 10.1 Å². The summed E-state index contributed by atoms with van der Waals surface area (Å²) in [6.07, 6.45) is 0. The highest BCUT2D eigenvalue weighted by Gasteiger charge is 2.17. The quantitative estimate of drug-likeness (QED) is 0.316. The van der Waals surface area contributed by atoms with Crippen LogP contribution in [0.1, 0.15) is 21.5 Å². The first-order valence-electron chi connectivity index (χ1n) is 8.43. The van der Waals surface area contributed by atoms with E-state index in [2.05, 4.69) is 15.9 Å². The Morgan fingerprint density at radius 2 is 1.33 bits per heavy atom. The summed E-state index contributed by atoms with van der Waals surface area (Å²) in [4.78, 5) is 12.2. The zero-order valence-corrected chi connectivity index (χ0v) is 16.8. The van der Waals surface area contributed by atoms with Crippen molar-refractivity contribution in [3.05, 3.63) is 95.6 Å². The van der Waals surface area contributed by atoms with Crippen LogP contribution in [0.2, 0.25) is 0 Å². The molecule has 27 heavy (non-hydrogen) atoms. The Hall–Kier alpha value is -2.30. The van der Waals surface area contributed by atoms with Crippen molar-refractivity contribution < 1.29 is 14.3 Å². The molecular weight excluding hydrogens is 428 g/mol. The van der Waals surface area contributed by atoms with Gasteiger partial charge >= 0.3 is 0 Å². The van der Waals surface area contributed by atoms with Crippen LogP contribution in [0, 0.1) is 0 Å². The minimum atomic E-state index is -0.782. The highest BCUT2D eigenvalue weighted by atomic mass is 79.9. The molecule has 5 heteroatoms. The average molecular weight is 446 g/mol. The van der Waals surface area contributed by atoms with Crippen molar-refractivity contribution in [3.63, 3.8) is 0 Å². The second-order valence-corrected chi connectivity index (χ2v) is 7.75. The van der Waals surface area contributed by atoms with Crippen LogP contribution in [0.25, 0.3) is 0 Å². The number of alkyl halides is 2.